The van der Waals surface area contributed by atoms with Gasteiger partial charge in [-0.25, -0.2) is 9.59 Å². The van der Waals surface area contributed by atoms with E-state index < -0.39 is 24.0 Å². The maximum Gasteiger partial charge on any atom is 0.331 e. The van der Waals surface area contributed by atoms with Gasteiger partial charge in [0.15, 0.2) is 6.10 Å². The fourth-order valence-corrected chi connectivity index (χ4v) is 1.89. The second-order valence-corrected chi connectivity index (χ2v) is 4.93. The fraction of sp³-hybridized carbons (Fsp3) is 0.214. The van der Waals surface area contributed by atoms with Crippen molar-refractivity contribution in [3.8, 4) is 0 Å². The van der Waals surface area contributed by atoms with Crippen molar-refractivity contribution >= 4 is 47.2 Å². The van der Waals surface area contributed by atoms with E-state index in [1.807, 2.05) is 5.32 Å². The number of halogens is 2. The van der Waals surface area contributed by atoms with E-state index in [-0.39, 0.29) is 0 Å². The summed E-state index contributed by atoms with van der Waals surface area (Å²) in [6, 6.07) is 4.23. The van der Waals surface area contributed by atoms with E-state index in [1.54, 1.807) is 18.2 Å². The van der Waals surface area contributed by atoms with Crippen molar-refractivity contribution in [1.29, 1.82) is 0 Å². The van der Waals surface area contributed by atoms with E-state index in [9.17, 15) is 14.4 Å². The second kappa shape index (κ2) is 8.41. The summed E-state index contributed by atoms with van der Waals surface area (Å²) in [6.07, 6.45) is 1.35. The standard InChI is InChI=1S/C14H14Cl2N2O4/c1-8(13(20)18-14(21)17-2)22-12(19)7-6-9-10(15)4-3-5-11(9)16/h3-8H,1-2H3,(H2,17,18,20,21)/b7-6+/t8-/m1/s1. The monoisotopic (exact) mass is 344 g/mol. The molecule has 0 saturated carbocycles. The summed E-state index contributed by atoms with van der Waals surface area (Å²) in [7, 11) is 1.36. The third-order valence-corrected chi connectivity index (χ3v) is 3.17. The third-order valence-electron chi connectivity index (χ3n) is 2.51. The van der Waals surface area contributed by atoms with Crippen LogP contribution in [0.1, 0.15) is 12.5 Å². The van der Waals surface area contributed by atoms with Crippen LogP contribution in [-0.2, 0) is 14.3 Å². The first-order valence-electron chi connectivity index (χ1n) is 6.20. The average Bonchev–Trinajstić information content (AvgIpc) is 2.46. The highest BCUT2D eigenvalue weighted by atomic mass is 35.5. The number of urea groups is 1. The van der Waals surface area contributed by atoms with Gasteiger partial charge in [0, 0.05) is 28.7 Å². The van der Waals surface area contributed by atoms with Gasteiger partial charge in [0.2, 0.25) is 0 Å². The zero-order chi connectivity index (χ0) is 16.7. The van der Waals surface area contributed by atoms with Gasteiger partial charge in [0.25, 0.3) is 5.91 Å². The SMILES string of the molecule is CNC(=O)NC(=O)[C@@H](C)OC(=O)/C=C/c1c(Cl)cccc1Cl. The highest BCUT2D eigenvalue weighted by Gasteiger charge is 2.18. The fourth-order valence-electron chi connectivity index (χ4n) is 1.36. The molecule has 1 rings (SSSR count). The Morgan fingerprint density at radius 2 is 1.82 bits per heavy atom. The Morgan fingerprint density at radius 3 is 2.36 bits per heavy atom. The Hall–Kier alpha value is -2.05. The van der Waals surface area contributed by atoms with Crippen LogP contribution in [0.15, 0.2) is 24.3 Å². The topological polar surface area (TPSA) is 84.5 Å². The van der Waals surface area contributed by atoms with Crippen LogP contribution in [0.2, 0.25) is 10.0 Å². The molecule has 0 spiro atoms. The molecule has 0 bridgehead atoms. The summed E-state index contributed by atoms with van der Waals surface area (Å²) in [6.45, 7) is 1.34. The molecule has 0 fully saturated rings. The molecule has 2 N–H and O–H groups in total. The minimum absolute atomic E-state index is 0.377. The van der Waals surface area contributed by atoms with Gasteiger partial charge in [-0.3, -0.25) is 10.1 Å². The van der Waals surface area contributed by atoms with E-state index in [4.69, 9.17) is 27.9 Å². The Balaban J connectivity index is 2.64. The van der Waals surface area contributed by atoms with E-state index in [0.29, 0.717) is 15.6 Å². The van der Waals surface area contributed by atoms with Crippen LogP contribution in [0, 0.1) is 0 Å². The smallest absolute Gasteiger partial charge is 0.331 e. The summed E-state index contributed by atoms with van der Waals surface area (Å²) >= 11 is 11.9. The van der Waals surface area contributed by atoms with Gasteiger partial charge in [-0.05, 0) is 25.1 Å². The van der Waals surface area contributed by atoms with Gasteiger partial charge in [-0.2, -0.15) is 0 Å². The molecule has 8 heteroatoms. The third kappa shape index (κ3) is 5.38. The number of carbonyl (C=O) groups excluding carboxylic acids is 3. The number of hydrogen-bond acceptors (Lipinski definition) is 4. The van der Waals surface area contributed by atoms with Crippen LogP contribution in [0.3, 0.4) is 0 Å². The number of rotatable bonds is 4. The summed E-state index contributed by atoms with van der Waals surface area (Å²) < 4.78 is 4.86. The van der Waals surface area contributed by atoms with Gasteiger partial charge < -0.3 is 10.1 Å². The summed E-state index contributed by atoms with van der Waals surface area (Å²) in [4.78, 5) is 34.1. The predicted octanol–water partition coefficient (Wildman–Crippen LogP) is 2.39. The first-order valence-corrected chi connectivity index (χ1v) is 6.96. The number of imide groups is 1. The van der Waals surface area contributed by atoms with Crippen LogP contribution in [-0.4, -0.2) is 31.1 Å². The average molecular weight is 345 g/mol. The number of nitrogens with one attached hydrogen (secondary N) is 2. The van der Waals surface area contributed by atoms with Crippen LogP contribution in [0.25, 0.3) is 6.08 Å². The van der Waals surface area contributed by atoms with Crippen molar-refractivity contribution in [2.75, 3.05) is 7.05 Å². The zero-order valence-electron chi connectivity index (χ0n) is 11.9. The highest BCUT2D eigenvalue weighted by molar-refractivity contribution is 6.37. The number of benzene rings is 1. The normalized spacial score (nSPS) is 11.8. The molecule has 1 aromatic rings. The van der Waals surface area contributed by atoms with Crippen LogP contribution in [0.5, 0.6) is 0 Å². The number of hydrogen-bond donors (Lipinski definition) is 2. The molecule has 22 heavy (non-hydrogen) atoms. The molecule has 0 unspecified atom stereocenters. The van der Waals surface area contributed by atoms with Crippen molar-refractivity contribution in [1.82, 2.24) is 10.6 Å². The number of amides is 3. The van der Waals surface area contributed by atoms with Gasteiger partial charge in [-0.15, -0.1) is 0 Å². The maximum absolute atomic E-state index is 11.6. The molecule has 0 saturated heterocycles. The molecule has 0 aliphatic rings. The Labute approximate surface area is 137 Å². The molecule has 0 heterocycles. The van der Waals surface area contributed by atoms with Crippen LogP contribution < -0.4 is 10.6 Å². The van der Waals surface area contributed by atoms with Gasteiger partial charge in [-0.1, -0.05) is 29.3 Å². The van der Waals surface area contributed by atoms with Gasteiger partial charge in [0.05, 0.1) is 0 Å². The minimum atomic E-state index is -1.13. The van der Waals surface area contributed by atoms with Crippen molar-refractivity contribution in [2.45, 2.75) is 13.0 Å². The van der Waals surface area contributed by atoms with Crippen molar-refractivity contribution in [2.24, 2.45) is 0 Å². The maximum atomic E-state index is 11.6. The molecule has 0 aliphatic carbocycles. The summed E-state index contributed by atoms with van der Waals surface area (Å²) in [5, 5.41) is 4.96. The minimum Gasteiger partial charge on any atom is -0.449 e. The number of ether oxygens (including phenoxy) is 1. The Morgan fingerprint density at radius 1 is 1.23 bits per heavy atom. The van der Waals surface area contributed by atoms with Crippen molar-refractivity contribution in [3.05, 3.63) is 39.9 Å². The molecule has 118 valence electrons. The molecule has 0 aliphatic heterocycles. The van der Waals surface area contributed by atoms with Gasteiger partial charge >= 0.3 is 12.0 Å². The lowest BCUT2D eigenvalue weighted by atomic mass is 10.2. The number of esters is 1. The molecule has 0 radical (unpaired) electrons. The second-order valence-electron chi connectivity index (χ2n) is 4.12. The lowest BCUT2D eigenvalue weighted by Gasteiger charge is -2.11. The molecule has 1 aromatic carbocycles. The van der Waals surface area contributed by atoms with E-state index in [2.05, 4.69) is 5.32 Å². The van der Waals surface area contributed by atoms with E-state index in [0.717, 1.165) is 6.08 Å². The quantitative estimate of drug-likeness (QED) is 0.648. The van der Waals surface area contributed by atoms with Crippen molar-refractivity contribution < 1.29 is 19.1 Å². The summed E-state index contributed by atoms with van der Waals surface area (Å²) in [5.41, 5.74) is 0.463. The molecule has 0 aromatic heterocycles. The van der Waals surface area contributed by atoms with E-state index in [1.165, 1.54) is 20.0 Å². The molecular weight excluding hydrogens is 331 g/mol. The largest absolute Gasteiger partial charge is 0.449 e. The lowest BCUT2D eigenvalue weighted by Crippen LogP contribution is -2.43. The first-order chi connectivity index (χ1) is 10.3. The molecular formula is C14H14Cl2N2O4. The lowest BCUT2D eigenvalue weighted by molar-refractivity contribution is -0.149. The highest BCUT2D eigenvalue weighted by Crippen LogP contribution is 2.25. The number of carbonyl (C=O) groups is 3. The van der Waals surface area contributed by atoms with Crippen LogP contribution in [0.4, 0.5) is 4.79 Å². The molecule has 3 amide bonds. The zero-order valence-corrected chi connectivity index (χ0v) is 13.4. The Kier molecular flexibility index (Phi) is 6.88. The summed E-state index contributed by atoms with van der Waals surface area (Å²) in [5.74, 6) is -1.51. The first kappa shape index (κ1) is 18.0. The predicted molar refractivity (Wildman–Crippen MR) is 83.6 cm³/mol. The van der Waals surface area contributed by atoms with Crippen LogP contribution >= 0.6 is 23.2 Å². The molecule has 6 nitrogen and oxygen atoms in total. The van der Waals surface area contributed by atoms with Crippen molar-refractivity contribution in [3.63, 3.8) is 0 Å². The van der Waals surface area contributed by atoms with E-state index >= 15 is 0 Å². The molecule has 1 atom stereocenters. The van der Waals surface area contributed by atoms with Gasteiger partial charge in [0.1, 0.15) is 0 Å². The Bertz CT molecular complexity index is 597.